The second-order valence-corrected chi connectivity index (χ2v) is 6.71. The molecule has 1 aromatic heterocycles. The number of amides is 1. The quantitative estimate of drug-likeness (QED) is 0.852. The summed E-state index contributed by atoms with van der Waals surface area (Å²) in [5, 5.41) is 3.17. The third kappa shape index (κ3) is 4.65. The van der Waals surface area contributed by atoms with E-state index in [1.54, 1.807) is 6.20 Å². The van der Waals surface area contributed by atoms with Crippen LogP contribution in [0.3, 0.4) is 0 Å². The van der Waals surface area contributed by atoms with E-state index in [9.17, 15) is 4.79 Å². The maximum absolute atomic E-state index is 12.4. The number of benzene rings is 1. The maximum atomic E-state index is 12.4. The van der Waals surface area contributed by atoms with E-state index < -0.39 is 0 Å². The van der Waals surface area contributed by atoms with Gasteiger partial charge in [0, 0.05) is 12.2 Å². The summed E-state index contributed by atoms with van der Waals surface area (Å²) in [5.74, 6) is 0.0622. The molecule has 4 heteroatoms. The van der Waals surface area contributed by atoms with Gasteiger partial charge in [0.05, 0.1) is 18.3 Å². The number of carbonyl (C=O) groups excluding carboxylic acids is 1. The summed E-state index contributed by atoms with van der Waals surface area (Å²) in [6, 6.07) is 14.8. The van der Waals surface area contributed by atoms with Crippen LogP contribution in [0.1, 0.15) is 35.7 Å². The lowest BCUT2D eigenvalue weighted by atomic mass is 10.0. The summed E-state index contributed by atoms with van der Waals surface area (Å²) in [7, 11) is 2.02. The van der Waals surface area contributed by atoms with Crippen LogP contribution < -0.4 is 5.32 Å². The Labute approximate surface area is 143 Å². The van der Waals surface area contributed by atoms with Crippen LogP contribution in [0.2, 0.25) is 0 Å². The van der Waals surface area contributed by atoms with Crippen LogP contribution >= 0.6 is 0 Å². The molecule has 1 fully saturated rings. The summed E-state index contributed by atoms with van der Waals surface area (Å²) in [4.78, 5) is 19.0. The van der Waals surface area contributed by atoms with Crippen LogP contribution in [0.5, 0.6) is 0 Å². The van der Waals surface area contributed by atoms with E-state index in [1.807, 2.05) is 25.2 Å². The number of likely N-dealkylation sites (N-methyl/N-ethyl adjacent to an activating group) is 1. The Kier molecular flexibility index (Phi) is 5.26. The van der Waals surface area contributed by atoms with Crippen molar-refractivity contribution in [3.8, 4) is 0 Å². The van der Waals surface area contributed by atoms with E-state index in [4.69, 9.17) is 0 Å². The molecule has 0 radical (unpaired) electrons. The van der Waals surface area contributed by atoms with Gasteiger partial charge in [-0.2, -0.15) is 0 Å². The molecule has 0 unspecified atom stereocenters. The zero-order valence-electron chi connectivity index (χ0n) is 14.4. The molecule has 0 bridgehead atoms. The molecule has 2 aromatic rings. The normalized spacial score (nSPS) is 15.3. The van der Waals surface area contributed by atoms with Gasteiger partial charge in [-0.05, 0) is 50.9 Å². The second kappa shape index (κ2) is 7.58. The maximum Gasteiger partial charge on any atom is 0.234 e. The minimum atomic E-state index is -0.103. The van der Waals surface area contributed by atoms with E-state index in [-0.39, 0.29) is 11.9 Å². The highest BCUT2D eigenvalue weighted by Crippen LogP contribution is 2.25. The molecule has 1 N–H and O–H groups in total. The molecule has 24 heavy (non-hydrogen) atoms. The molecule has 4 nitrogen and oxygen atoms in total. The smallest absolute Gasteiger partial charge is 0.234 e. The third-order valence-electron chi connectivity index (χ3n) is 4.50. The van der Waals surface area contributed by atoms with Crippen LogP contribution in [0.4, 0.5) is 0 Å². The van der Waals surface area contributed by atoms with Crippen LogP contribution in [0, 0.1) is 6.92 Å². The molecule has 0 saturated heterocycles. The summed E-state index contributed by atoms with van der Waals surface area (Å²) < 4.78 is 0. The lowest BCUT2D eigenvalue weighted by Crippen LogP contribution is -2.39. The van der Waals surface area contributed by atoms with Crippen LogP contribution in [-0.4, -0.2) is 35.4 Å². The van der Waals surface area contributed by atoms with Crippen molar-refractivity contribution in [1.29, 1.82) is 0 Å². The first-order valence-corrected chi connectivity index (χ1v) is 8.58. The van der Waals surface area contributed by atoms with Crippen molar-refractivity contribution in [3.05, 3.63) is 65.5 Å². The zero-order chi connectivity index (χ0) is 16.9. The highest BCUT2D eigenvalue weighted by atomic mass is 16.2. The van der Waals surface area contributed by atoms with Gasteiger partial charge in [0.1, 0.15) is 0 Å². The van der Waals surface area contributed by atoms with Crippen molar-refractivity contribution < 1.29 is 4.79 Å². The number of pyridine rings is 1. The van der Waals surface area contributed by atoms with Crippen molar-refractivity contribution >= 4 is 5.91 Å². The fourth-order valence-electron chi connectivity index (χ4n) is 2.88. The predicted octanol–water partition coefficient (Wildman–Crippen LogP) is 2.88. The molecule has 1 aliphatic rings. The van der Waals surface area contributed by atoms with Crippen molar-refractivity contribution in [1.82, 2.24) is 15.2 Å². The standard InChI is InChI=1S/C20H25N3O/c1-15-6-8-16(9-7-15)13-19(18-5-3-4-12-21-18)22-20(24)14-23(2)17-10-11-17/h3-9,12,17,19H,10-11,13-14H2,1-2H3,(H,22,24)/t19-/m0/s1. The Morgan fingerprint density at radius 3 is 2.62 bits per heavy atom. The van der Waals surface area contributed by atoms with Gasteiger partial charge in [-0.15, -0.1) is 0 Å². The van der Waals surface area contributed by atoms with Crippen LogP contribution in [0.25, 0.3) is 0 Å². The Balaban J connectivity index is 1.69. The Bertz CT molecular complexity index is 665. The number of aromatic nitrogens is 1. The molecule has 1 aliphatic carbocycles. The van der Waals surface area contributed by atoms with Gasteiger partial charge < -0.3 is 5.32 Å². The SMILES string of the molecule is Cc1ccc(C[C@H](NC(=O)CN(C)C2CC2)c2ccccn2)cc1. The number of hydrogen-bond acceptors (Lipinski definition) is 3. The fourth-order valence-corrected chi connectivity index (χ4v) is 2.88. The third-order valence-corrected chi connectivity index (χ3v) is 4.50. The minimum Gasteiger partial charge on any atom is -0.346 e. The molecule has 1 aromatic carbocycles. The molecule has 0 spiro atoms. The van der Waals surface area contributed by atoms with E-state index >= 15 is 0 Å². The van der Waals surface area contributed by atoms with Gasteiger partial charge in [-0.3, -0.25) is 14.7 Å². The van der Waals surface area contributed by atoms with Gasteiger partial charge in [-0.1, -0.05) is 35.9 Å². The number of rotatable bonds is 7. The van der Waals surface area contributed by atoms with Gasteiger partial charge in [0.15, 0.2) is 0 Å². The van der Waals surface area contributed by atoms with E-state index in [2.05, 4.69) is 46.4 Å². The first-order chi connectivity index (χ1) is 11.6. The fraction of sp³-hybridized carbons (Fsp3) is 0.400. The van der Waals surface area contributed by atoms with Crippen molar-refractivity contribution in [3.63, 3.8) is 0 Å². The summed E-state index contributed by atoms with van der Waals surface area (Å²) >= 11 is 0. The molecular weight excluding hydrogens is 298 g/mol. The number of nitrogens with one attached hydrogen (secondary N) is 1. The van der Waals surface area contributed by atoms with Gasteiger partial charge in [-0.25, -0.2) is 0 Å². The number of aryl methyl sites for hydroxylation is 1. The van der Waals surface area contributed by atoms with Crippen molar-refractivity contribution in [2.45, 2.75) is 38.3 Å². The van der Waals surface area contributed by atoms with Crippen molar-refractivity contribution in [2.75, 3.05) is 13.6 Å². The second-order valence-electron chi connectivity index (χ2n) is 6.71. The molecular formula is C20H25N3O. The number of carbonyl (C=O) groups is 1. The lowest BCUT2D eigenvalue weighted by molar-refractivity contribution is -0.122. The van der Waals surface area contributed by atoms with Gasteiger partial charge in [0.2, 0.25) is 5.91 Å². The zero-order valence-corrected chi connectivity index (χ0v) is 14.4. The highest BCUT2D eigenvalue weighted by Gasteiger charge is 2.28. The number of nitrogens with zero attached hydrogens (tertiary/aromatic N) is 2. The Morgan fingerprint density at radius 2 is 2.00 bits per heavy atom. The molecule has 0 aliphatic heterocycles. The number of hydrogen-bond donors (Lipinski definition) is 1. The van der Waals surface area contributed by atoms with Crippen LogP contribution in [0.15, 0.2) is 48.7 Å². The average molecular weight is 323 g/mol. The molecule has 1 heterocycles. The summed E-state index contributed by atoms with van der Waals surface area (Å²) in [5.41, 5.74) is 3.34. The van der Waals surface area contributed by atoms with Crippen LogP contribution in [-0.2, 0) is 11.2 Å². The first-order valence-electron chi connectivity index (χ1n) is 8.58. The highest BCUT2D eigenvalue weighted by molar-refractivity contribution is 5.78. The molecule has 126 valence electrons. The molecule has 1 saturated carbocycles. The van der Waals surface area contributed by atoms with Gasteiger partial charge >= 0.3 is 0 Å². The van der Waals surface area contributed by atoms with E-state index in [0.717, 1.165) is 12.1 Å². The minimum absolute atomic E-state index is 0.0622. The lowest BCUT2D eigenvalue weighted by Gasteiger charge is -2.21. The monoisotopic (exact) mass is 323 g/mol. The summed E-state index contributed by atoms with van der Waals surface area (Å²) in [6.45, 7) is 2.53. The van der Waals surface area contributed by atoms with Gasteiger partial charge in [0.25, 0.3) is 0 Å². The van der Waals surface area contributed by atoms with E-state index in [0.29, 0.717) is 12.6 Å². The predicted molar refractivity (Wildman–Crippen MR) is 95.7 cm³/mol. The summed E-state index contributed by atoms with van der Waals surface area (Å²) in [6.07, 6.45) is 4.93. The molecule has 1 amide bonds. The first kappa shape index (κ1) is 16.7. The Morgan fingerprint density at radius 1 is 1.25 bits per heavy atom. The van der Waals surface area contributed by atoms with Crippen molar-refractivity contribution in [2.24, 2.45) is 0 Å². The Hall–Kier alpha value is -2.20. The largest absolute Gasteiger partial charge is 0.346 e. The topological polar surface area (TPSA) is 45.2 Å². The molecule has 1 atom stereocenters. The van der Waals surface area contributed by atoms with E-state index in [1.165, 1.54) is 24.0 Å². The average Bonchev–Trinajstić information content (AvgIpc) is 3.42. The molecule has 3 rings (SSSR count).